The van der Waals surface area contributed by atoms with Crippen LogP contribution in [0.3, 0.4) is 0 Å². The van der Waals surface area contributed by atoms with E-state index in [0.29, 0.717) is 5.92 Å². The second-order valence-electron chi connectivity index (χ2n) is 4.27. The Kier molecular flexibility index (Phi) is 5.45. The zero-order chi connectivity index (χ0) is 10.4. The van der Waals surface area contributed by atoms with Crippen molar-refractivity contribution in [3.8, 4) is 0 Å². The van der Waals surface area contributed by atoms with E-state index < -0.39 is 0 Å². The molecule has 1 rings (SSSR count). The maximum atomic E-state index is 9.45. The smallest absolute Gasteiger partial charge is 0.0541 e. The molecule has 0 aromatic rings. The molecule has 1 saturated heterocycles. The average Bonchev–Trinajstić information content (AvgIpc) is 2.19. The molecule has 0 aromatic heterocycles. The predicted octanol–water partition coefficient (Wildman–Crippen LogP) is 0.689. The van der Waals surface area contributed by atoms with Gasteiger partial charge in [0.15, 0.2) is 0 Å². The fourth-order valence-electron chi connectivity index (χ4n) is 2.07. The first-order valence-electron chi connectivity index (χ1n) is 5.85. The Hall–Kier alpha value is -0.120. The molecule has 1 unspecified atom stereocenters. The van der Waals surface area contributed by atoms with Crippen LogP contribution in [0.2, 0.25) is 0 Å². The average molecular weight is 200 g/mol. The van der Waals surface area contributed by atoms with Crippen LogP contribution in [-0.2, 0) is 0 Å². The highest BCUT2D eigenvalue weighted by molar-refractivity contribution is 4.75. The van der Waals surface area contributed by atoms with Gasteiger partial charge in [-0.1, -0.05) is 6.92 Å². The number of nitrogens with zero attached hydrogens (tertiary/aromatic N) is 1. The van der Waals surface area contributed by atoms with Gasteiger partial charge in [-0.25, -0.2) is 0 Å². The molecule has 0 amide bonds. The lowest BCUT2D eigenvalue weighted by atomic mass is 9.92. The van der Waals surface area contributed by atoms with Gasteiger partial charge in [0.2, 0.25) is 0 Å². The van der Waals surface area contributed by atoms with Crippen LogP contribution in [0.5, 0.6) is 0 Å². The standard InChI is InChI=1S/C11H24N2O/c1-3-12-6-9-13-7-4-11(5-8-13)10(2)14/h10-12,14H,3-9H2,1-2H3. The molecule has 2 N–H and O–H groups in total. The summed E-state index contributed by atoms with van der Waals surface area (Å²) >= 11 is 0. The van der Waals surface area contributed by atoms with Gasteiger partial charge < -0.3 is 15.3 Å². The molecule has 14 heavy (non-hydrogen) atoms. The fraction of sp³-hybridized carbons (Fsp3) is 1.00. The number of hydrogen-bond donors (Lipinski definition) is 2. The highest BCUT2D eigenvalue weighted by Crippen LogP contribution is 2.19. The van der Waals surface area contributed by atoms with Gasteiger partial charge in [-0.3, -0.25) is 0 Å². The Bertz CT molecular complexity index is 142. The zero-order valence-corrected chi connectivity index (χ0v) is 9.50. The summed E-state index contributed by atoms with van der Waals surface area (Å²) in [6.45, 7) is 9.67. The molecule has 1 fully saturated rings. The molecule has 0 saturated carbocycles. The number of likely N-dealkylation sites (N-methyl/N-ethyl adjacent to an activating group) is 1. The van der Waals surface area contributed by atoms with Crippen LogP contribution < -0.4 is 5.32 Å². The Morgan fingerprint density at radius 2 is 2.07 bits per heavy atom. The number of rotatable bonds is 5. The number of aliphatic hydroxyl groups excluding tert-OH is 1. The molecule has 1 aliphatic rings. The van der Waals surface area contributed by atoms with Crippen molar-refractivity contribution in [1.82, 2.24) is 10.2 Å². The minimum atomic E-state index is -0.120. The molecular formula is C11H24N2O. The normalized spacial score (nSPS) is 22.5. The Labute approximate surface area is 87.5 Å². The molecular weight excluding hydrogens is 176 g/mol. The van der Waals surface area contributed by atoms with Crippen LogP contribution in [0.25, 0.3) is 0 Å². The van der Waals surface area contributed by atoms with E-state index in [9.17, 15) is 5.11 Å². The highest BCUT2D eigenvalue weighted by atomic mass is 16.3. The molecule has 84 valence electrons. The zero-order valence-electron chi connectivity index (χ0n) is 9.50. The third-order valence-electron chi connectivity index (χ3n) is 3.17. The molecule has 0 bridgehead atoms. The lowest BCUT2D eigenvalue weighted by Crippen LogP contribution is -2.40. The molecule has 0 aromatic carbocycles. The molecule has 1 aliphatic heterocycles. The van der Waals surface area contributed by atoms with Crippen molar-refractivity contribution in [3.05, 3.63) is 0 Å². The van der Waals surface area contributed by atoms with Crippen molar-refractivity contribution in [1.29, 1.82) is 0 Å². The first-order chi connectivity index (χ1) is 6.74. The van der Waals surface area contributed by atoms with Crippen LogP contribution in [0.1, 0.15) is 26.7 Å². The lowest BCUT2D eigenvalue weighted by Gasteiger charge is -2.33. The summed E-state index contributed by atoms with van der Waals surface area (Å²) in [4.78, 5) is 2.49. The Morgan fingerprint density at radius 1 is 1.43 bits per heavy atom. The van der Waals surface area contributed by atoms with E-state index in [1.165, 1.54) is 0 Å². The summed E-state index contributed by atoms with van der Waals surface area (Å²) in [5.74, 6) is 0.533. The highest BCUT2D eigenvalue weighted by Gasteiger charge is 2.21. The van der Waals surface area contributed by atoms with E-state index in [4.69, 9.17) is 0 Å². The van der Waals surface area contributed by atoms with Crippen LogP contribution in [0.4, 0.5) is 0 Å². The maximum absolute atomic E-state index is 9.45. The third-order valence-corrected chi connectivity index (χ3v) is 3.17. The van der Waals surface area contributed by atoms with Gasteiger partial charge in [0, 0.05) is 13.1 Å². The molecule has 3 heteroatoms. The minimum absolute atomic E-state index is 0.120. The Morgan fingerprint density at radius 3 is 2.57 bits per heavy atom. The number of hydrogen-bond acceptors (Lipinski definition) is 3. The van der Waals surface area contributed by atoms with Crippen molar-refractivity contribution >= 4 is 0 Å². The summed E-state index contributed by atoms with van der Waals surface area (Å²) in [5.41, 5.74) is 0. The topological polar surface area (TPSA) is 35.5 Å². The van der Waals surface area contributed by atoms with Gasteiger partial charge in [-0.2, -0.15) is 0 Å². The van der Waals surface area contributed by atoms with Gasteiger partial charge >= 0.3 is 0 Å². The van der Waals surface area contributed by atoms with Gasteiger partial charge in [0.05, 0.1) is 6.10 Å². The summed E-state index contributed by atoms with van der Waals surface area (Å²) in [5, 5.41) is 12.8. The molecule has 0 radical (unpaired) electrons. The number of nitrogens with one attached hydrogen (secondary N) is 1. The second kappa shape index (κ2) is 6.38. The van der Waals surface area contributed by atoms with Crippen LogP contribution >= 0.6 is 0 Å². The first-order valence-corrected chi connectivity index (χ1v) is 5.85. The summed E-state index contributed by atoms with van der Waals surface area (Å²) in [6.07, 6.45) is 2.19. The number of aliphatic hydroxyl groups is 1. The van der Waals surface area contributed by atoms with E-state index in [2.05, 4.69) is 17.1 Å². The van der Waals surface area contributed by atoms with Crippen molar-refractivity contribution in [2.75, 3.05) is 32.7 Å². The Balaban J connectivity index is 2.09. The minimum Gasteiger partial charge on any atom is -0.393 e. The molecule has 3 nitrogen and oxygen atoms in total. The third kappa shape index (κ3) is 3.95. The first kappa shape index (κ1) is 12.0. The van der Waals surface area contributed by atoms with Gasteiger partial charge in [0.25, 0.3) is 0 Å². The van der Waals surface area contributed by atoms with Gasteiger partial charge in [-0.15, -0.1) is 0 Å². The van der Waals surface area contributed by atoms with E-state index >= 15 is 0 Å². The van der Waals surface area contributed by atoms with Crippen molar-refractivity contribution in [3.63, 3.8) is 0 Å². The maximum Gasteiger partial charge on any atom is 0.0541 e. The van der Waals surface area contributed by atoms with E-state index in [0.717, 1.165) is 45.6 Å². The quantitative estimate of drug-likeness (QED) is 0.641. The van der Waals surface area contributed by atoms with E-state index in [1.54, 1.807) is 0 Å². The molecule has 1 atom stereocenters. The fourth-order valence-corrected chi connectivity index (χ4v) is 2.07. The van der Waals surface area contributed by atoms with Crippen LogP contribution in [-0.4, -0.2) is 48.8 Å². The van der Waals surface area contributed by atoms with Crippen molar-refractivity contribution in [2.24, 2.45) is 5.92 Å². The molecule has 0 aliphatic carbocycles. The van der Waals surface area contributed by atoms with Gasteiger partial charge in [0.1, 0.15) is 0 Å². The van der Waals surface area contributed by atoms with Crippen LogP contribution in [0, 0.1) is 5.92 Å². The van der Waals surface area contributed by atoms with E-state index in [-0.39, 0.29) is 6.10 Å². The SMILES string of the molecule is CCNCCN1CCC(C(C)O)CC1. The summed E-state index contributed by atoms with van der Waals surface area (Å²) in [7, 11) is 0. The summed E-state index contributed by atoms with van der Waals surface area (Å²) in [6, 6.07) is 0. The largest absolute Gasteiger partial charge is 0.393 e. The molecule has 0 spiro atoms. The lowest BCUT2D eigenvalue weighted by molar-refractivity contribution is 0.0723. The van der Waals surface area contributed by atoms with Crippen LogP contribution in [0.15, 0.2) is 0 Å². The number of piperidine rings is 1. The summed E-state index contributed by atoms with van der Waals surface area (Å²) < 4.78 is 0. The van der Waals surface area contributed by atoms with E-state index in [1.807, 2.05) is 6.92 Å². The predicted molar refractivity (Wildman–Crippen MR) is 59.4 cm³/mol. The second-order valence-corrected chi connectivity index (χ2v) is 4.27. The van der Waals surface area contributed by atoms with Gasteiger partial charge in [-0.05, 0) is 45.3 Å². The van der Waals surface area contributed by atoms with Crippen molar-refractivity contribution < 1.29 is 5.11 Å². The molecule has 1 heterocycles. The van der Waals surface area contributed by atoms with Crippen molar-refractivity contribution in [2.45, 2.75) is 32.8 Å². The number of likely N-dealkylation sites (tertiary alicyclic amines) is 1. The monoisotopic (exact) mass is 200 g/mol.